The molecule has 1 N–H and O–H groups in total. The maximum atomic E-state index is 3.48. The van der Waals surface area contributed by atoms with E-state index in [9.17, 15) is 0 Å². The molecule has 90 valence electrons. The van der Waals surface area contributed by atoms with Gasteiger partial charge in [0.2, 0.25) is 0 Å². The van der Waals surface area contributed by atoms with Gasteiger partial charge in [-0.15, -0.1) is 11.8 Å². The van der Waals surface area contributed by atoms with Crippen LogP contribution >= 0.6 is 0 Å². The second-order valence-corrected chi connectivity index (χ2v) is 5.62. The summed E-state index contributed by atoms with van der Waals surface area (Å²) in [5.74, 6) is 9.34. The normalized spacial score (nSPS) is 33.5. The lowest BCUT2D eigenvalue weighted by atomic mass is 9.83. The SMILES string of the molecule is CC#CCCC(CC1CC2CCC1C2)NC. The van der Waals surface area contributed by atoms with E-state index in [1.807, 2.05) is 6.92 Å². The Bertz CT molecular complexity index is 273. The van der Waals surface area contributed by atoms with Crippen molar-refractivity contribution in [3.63, 3.8) is 0 Å². The topological polar surface area (TPSA) is 12.0 Å². The Morgan fingerprint density at radius 1 is 1.31 bits per heavy atom. The molecule has 2 fully saturated rings. The second-order valence-electron chi connectivity index (χ2n) is 5.62. The summed E-state index contributed by atoms with van der Waals surface area (Å²) in [7, 11) is 2.11. The molecule has 0 spiro atoms. The highest BCUT2D eigenvalue weighted by molar-refractivity contribution is 4.96. The highest BCUT2D eigenvalue weighted by Crippen LogP contribution is 2.49. The van der Waals surface area contributed by atoms with Gasteiger partial charge in [-0.25, -0.2) is 0 Å². The lowest BCUT2D eigenvalue weighted by Gasteiger charge is -2.26. The molecule has 2 aliphatic carbocycles. The predicted octanol–water partition coefficient (Wildman–Crippen LogP) is 3.20. The minimum Gasteiger partial charge on any atom is -0.317 e. The van der Waals surface area contributed by atoms with Crippen LogP contribution in [0, 0.1) is 29.6 Å². The van der Waals surface area contributed by atoms with Gasteiger partial charge in [0.25, 0.3) is 0 Å². The maximum absolute atomic E-state index is 3.48. The molecule has 4 unspecified atom stereocenters. The quantitative estimate of drug-likeness (QED) is 0.700. The molecule has 2 saturated carbocycles. The zero-order valence-electron chi connectivity index (χ0n) is 10.8. The van der Waals surface area contributed by atoms with Crippen molar-refractivity contribution in [2.24, 2.45) is 17.8 Å². The Balaban J connectivity index is 1.75. The first-order chi connectivity index (χ1) is 7.83. The molecule has 0 heterocycles. The van der Waals surface area contributed by atoms with Crippen LogP contribution in [0.15, 0.2) is 0 Å². The van der Waals surface area contributed by atoms with Crippen LogP contribution in [0.1, 0.15) is 51.9 Å². The zero-order chi connectivity index (χ0) is 11.4. The van der Waals surface area contributed by atoms with E-state index in [1.165, 1.54) is 38.5 Å². The van der Waals surface area contributed by atoms with Crippen LogP contribution in [0.3, 0.4) is 0 Å². The lowest BCUT2D eigenvalue weighted by molar-refractivity contribution is 0.278. The molecule has 0 amide bonds. The Morgan fingerprint density at radius 2 is 2.19 bits per heavy atom. The van der Waals surface area contributed by atoms with Gasteiger partial charge in [0.15, 0.2) is 0 Å². The molecule has 0 aromatic rings. The Labute approximate surface area is 100 Å². The third kappa shape index (κ3) is 2.80. The van der Waals surface area contributed by atoms with Crippen LogP contribution in [0.2, 0.25) is 0 Å². The van der Waals surface area contributed by atoms with Crippen LogP contribution in [0.5, 0.6) is 0 Å². The van der Waals surface area contributed by atoms with Crippen molar-refractivity contribution < 1.29 is 0 Å². The fourth-order valence-corrected chi connectivity index (χ4v) is 3.78. The molecule has 1 nitrogen and oxygen atoms in total. The Kier molecular flexibility index (Phi) is 4.29. The first kappa shape index (κ1) is 12.0. The molecular formula is C15H25N. The summed E-state index contributed by atoms with van der Waals surface area (Å²) in [4.78, 5) is 0. The number of hydrogen-bond acceptors (Lipinski definition) is 1. The average molecular weight is 219 g/mol. The van der Waals surface area contributed by atoms with Gasteiger partial charge in [-0.2, -0.15) is 0 Å². The van der Waals surface area contributed by atoms with E-state index in [0.29, 0.717) is 6.04 Å². The van der Waals surface area contributed by atoms with Crippen molar-refractivity contribution in [1.29, 1.82) is 0 Å². The standard InChI is InChI=1S/C15H25N/c1-3-4-5-6-15(16-2)11-14-10-12-7-8-13(14)9-12/h12-16H,5-11H2,1-2H3. The first-order valence-electron chi connectivity index (χ1n) is 6.90. The van der Waals surface area contributed by atoms with Crippen LogP contribution in [0.4, 0.5) is 0 Å². The molecule has 0 aliphatic heterocycles. The highest BCUT2D eigenvalue weighted by Gasteiger charge is 2.39. The summed E-state index contributed by atoms with van der Waals surface area (Å²) in [6.07, 6.45) is 9.77. The van der Waals surface area contributed by atoms with Gasteiger partial charge in [-0.05, 0) is 63.8 Å². The van der Waals surface area contributed by atoms with Crippen molar-refractivity contribution in [2.45, 2.75) is 57.9 Å². The lowest BCUT2D eigenvalue weighted by Crippen LogP contribution is -2.29. The molecule has 0 radical (unpaired) electrons. The van der Waals surface area contributed by atoms with Crippen LogP contribution in [0.25, 0.3) is 0 Å². The fraction of sp³-hybridized carbons (Fsp3) is 0.867. The van der Waals surface area contributed by atoms with E-state index in [4.69, 9.17) is 0 Å². The molecule has 4 atom stereocenters. The second kappa shape index (κ2) is 5.73. The number of nitrogens with one attached hydrogen (secondary N) is 1. The van der Waals surface area contributed by atoms with Crippen LogP contribution in [-0.4, -0.2) is 13.1 Å². The van der Waals surface area contributed by atoms with Gasteiger partial charge in [-0.3, -0.25) is 0 Å². The van der Waals surface area contributed by atoms with Crippen molar-refractivity contribution in [2.75, 3.05) is 7.05 Å². The molecule has 2 bridgehead atoms. The van der Waals surface area contributed by atoms with E-state index in [2.05, 4.69) is 24.2 Å². The molecule has 2 aliphatic rings. The molecule has 1 heteroatoms. The zero-order valence-corrected chi connectivity index (χ0v) is 10.8. The molecule has 0 aromatic heterocycles. The minimum absolute atomic E-state index is 0.699. The van der Waals surface area contributed by atoms with Gasteiger partial charge >= 0.3 is 0 Å². The number of rotatable bonds is 5. The smallest absolute Gasteiger partial charge is 0.0103 e. The maximum Gasteiger partial charge on any atom is 0.0103 e. The summed E-state index contributed by atoms with van der Waals surface area (Å²) < 4.78 is 0. The molecule has 0 saturated heterocycles. The minimum atomic E-state index is 0.699. The van der Waals surface area contributed by atoms with E-state index in [-0.39, 0.29) is 0 Å². The average Bonchev–Trinajstić information content (AvgIpc) is 2.89. The van der Waals surface area contributed by atoms with E-state index in [1.54, 1.807) is 0 Å². The van der Waals surface area contributed by atoms with Gasteiger partial charge in [0.05, 0.1) is 0 Å². The van der Waals surface area contributed by atoms with Crippen molar-refractivity contribution in [3.8, 4) is 11.8 Å². The molecular weight excluding hydrogens is 194 g/mol. The molecule has 0 aromatic carbocycles. The Hall–Kier alpha value is -0.480. The monoisotopic (exact) mass is 219 g/mol. The third-order valence-electron chi connectivity index (χ3n) is 4.67. The highest BCUT2D eigenvalue weighted by atomic mass is 14.9. The predicted molar refractivity (Wildman–Crippen MR) is 69.1 cm³/mol. The van der Waals surface area contributed by atoms with Gasteiger partial charge < -0.3 is 5.32 Å². The molecule has 16 heavy (non-hydrogen) atoms. The van der Waals surface area contributed by atoms with Gasteiger partial charge in [0.1, 0.15) is 0 Å². The summed E-state index contributed by atoms with van der Waals surface area (Å²) in [5, 5.41) is 3.48. The van der Waals surface area contributed by atoms with Crippen molar-refractivity contribution >= 4 is 0 Å². The summed E-state index contributed by atoms with van der Waals surface area (Å²) in [6.45, 7) is 1.93. The molecule has 2 rings (SSSR count). The third-order valence-corrected chi connectivity index (χ3v) is 4.67. The van der Waals surface area contributed by atoms with Crippen molar-refractivity contribution in [3.05, 3.63) is 0 Å². The summed E-state index contributed by atoms with van der Waals surface area (Å²) in [5.41, 5.74) is 0. The van der Waals surface area contributed by atoms with Crippen molar-refractivity contribution in [1.82, 2.24) is 5.32 Å². The van der Waals surface area contributed by atoms with E-state index in [0.717, 1.165) is 24.2 Å². The summed E-state index contributed by atoms with van der Waals surface area (Å²) >= 11 is 0. The Morgan fingerprint density at radius 3 is 2.75 bits per heavy atom. The van der Waals surface area contributed by atoms with E-state index < -0.39 is 0 Å². The van der Waals surface area contributed by atoms with Crippen LogP contribution < -0.4 is 5.32 Å². The van der Waals surface area contributed by atoms with Gasteiger partial charge in [-0.1, -0.05) is 6.42 Å². The number of fused-ring (bicyclic) bond motifs is 2. The summed E-state index contributed by atoms with van der Waals surface area (Å²) in [6, 6.07) is 0.699. The van der Waals surface area contributed by atoms with Gasteiger partial charge in [0, 0.05) is 12.5 Å². The van der Waals surface area contributed by atoms with Crippen LogP contribution in [-0.2, 0) is 0 Å². The largest absolute Gasteiger partial charge is 0.317 e. The van der Waals surface area contributed by atoms with E-state index >= 15 is 0 Å². The number of hydrogen-bond donors (Lipinski definition) is 1. The first-order valence-corrected chi connectivity index (χ1v) is 6.90. The fourth-order valence-electron chi connectivity index (χ4n) is 3.78.